The smallest absolute Gasteiger partial charge is 0.124 e. The van der Waals surface area contributed by atoms with E-state index in [2.05, 4.69) is 25.8 Å². The number of hydrogen-bond donors (Lipinski definition) is 0. The highest BCUT2D eigenvalue weighted by Crippen LogP contribution is 2.18. The summed E-state index contributed by atoms with van der Waals surface area (Å²) in [7, 11) is 0. The van der Waals surface area contributed by atoms with Crippen molar-refractivity contribution in [3.05, 3.63) is 0 Å². The molecule has 0 radical (unpaired) electrons. The molecule has 1 heterocycles. The zero-order chi connectivity index (χ0) is 28.8. The van der Waals surface area contributed by atoms with Gasteiger partial charge in [0.2, 0.25) is 0 Å². The van der Waals surface area contributed by atoms with Crippen molar-refractivity contribution in [3.63, 3.8) is 0 Å². The molecule has 3 nitrogen and oxygen atoms in total. The molecule has 238 valence electrons. The molecule has 0 bridgehead atoms. The molecular weight excluding hydrogens is 488 g/mol. The molecule has 40 heavy (non-hydrogen) atoms. The van der Waals surface area contributed by atoms with Gasteiger partial charge in [-0.2, -0.15) is 0 Å². The fraction of sp³-hybridized carbons (Fsp3) is 0.973. The Hall–Kier alpha value is -0.570. The minimum Gasteiger partial charge on any atom is -0.269 e. The van der Waals surface area contributed by atoms with Crippen LogP contribution in [0.5, 0.6) is 0 Å². The zero-order valence-electron chi connectivity index (χ0n) is 28.0. The van der Waals surface area contributed by atoms with E-state index in [-0.39, 0.29) is 0 Å². The van der Waals surface area contributed by atoms with Crippen molar-refractivity contribution >= 4 is 5.84 Å². The monoisotopic (exact) mass is 563 g/mol. The lowest BCUT2D eigenvalue weighted by atomic mass is 10.0. The van der Waals surface area contributed by atoms with E-state index < -0.39 is 0 Å². The van der Waals surface area contributed by atoms with Crippen LogP contribution in [0, 0.1) is 0 Å². The van der Waals surface area contributed by atoms with Crippen molar-refractivity contribution in [2.75, 3.05) is 13.1 Å². The molecule has 0 aromatic heterocycles. The summed E-state index contributed by atoms with van der Waals surface area (Å²) in [6, 6.07) is 0. The maximum Gasteiger partial charge on any atom is 0.124 e. The highest BCUT2D eigenvalue weighted by atomic mass is 16.7. The van der Waals surface area contributed by atoms with Crippen molar-refractivity contribution in [2.24, 2.45) is 4.99 Å². The largest absolute Gasteiger partial charge is 0.269 e. The number of rotatable bonds is 32. The molecule has 0 N–H and O–H groups in total. The molecular formula is C37H74N2O. The molecule has 0 aromatic carbocycles. The topological polar surface area (TPSA) is 24.8 Å². The first-order valence-corrected chi connectivity index (χ1v) is 18.8. The molecule has 0 aromatic rings. The molecule has 1 aliphatic heterocycles. The van der Waals surface area contributed by atoms with E-state index in [1.54, 1.807) is 0 Å². The number of hydrogen-bond acceptors (Lipinski definition) is 3. The van der Waals surface area contributed by atoms with Crippen molar-refractivity contribution in [2.45, 2.75) is 219 Å². The Morgan fingerprint density at radius 3 is 1.27 bits per heavy atom. The minimum absolute atomic E-state index is 0.317. The molecule has 1 rings (SSSR count). The molecule has 1 unspecified atom stereocenters. The molecule has 3 heteroatoms. The van der Waals surface area contributed by atoms with Gasteiger partial charge in [-0.1, -0.05) is 187 Å². The Morgan fingerprint density at radius 1 is 0.525 bits per heavy atom. The standard InChI is InChI=1S/C37H74N2O/c1-4-6-8-10-12-14-16-18-20-22-24-26-28-30-32-36(3)40-39-35-34-38-37(39)33-31-29-27-25-23-21-19-17-15-13-11-9-7-5-2/h36H,4-35H2,1-3H3. The SMILES string of the molecule is CCCCCCCCCCCCCCCCC1=NCCN1OC(C)CCCCCCCCCCCCCCCC. The second-order valence-corrected chi connectivity index (χ2v) is 13.0. The van der Waals surface area contributed by atoms with Crippen LogP contribution in [0.1, 0.15) is 213 Å². The van der Waals surface area contributed by atoms with Gasteiger partial charge in [0.15, 0.2) is 0 Å². The van der Waals surface area contributed by atoms with Crippen molar-refractivity contribution in [1.82, 2.24) is 5.06 Å². The predicted molar refractivity (Wildman–Crippen MR) is 179 cm³/mol. The fourth-order valence-corrected chi connectivity index (χ4v) is 6.17. The van der Waals surface area contributed by atoms with Crippen LogP contribution < -0.4 is 0 Å². The lowest BCUT2D eigenvalue weighted by molar-refractivity contribution is -0.136. The average molecular weight is 563 g/mol. The van der Waals surface area contributed by atoms with Gasteiger partial charge in [0, 0.05) is 6.42 Å². The lowest BCUT2D eigenvalue weighted by Gasteiger charge is -2.24. The van der Waals surface area contributed by atoms with Crippen molar-refractivity contribution in [3.8, 4) is 0 Å². The molecule has 0 spiro atoms. The second kappa shape index (κ2) is 29.9. The summed E-state index contributed by atoms with van der Waals surface area (Å²) in [5, 5.41) is 2.14. The van der Waals surface area contributed by atoms with Crippen LogP contribution in [0.25, 0.3) is 0 Å². The number of aliphatic imine (C=N–C) groups is 1. The first-order valence-electron chi connectivity index (χ1n) is 18.8. The predicted octanol–water partition coefficient (Wildman–Crippen LogP) is 12.8. The van der Waals surface area contributed by atoms with Crippen LogP contribution in [-0.2, 0) is 4.84 Å². The molecule has 0 fully saturated rings. The van der Waals surface area contributed by atoms with Gasteiger partial charge in [-0.15, -0.1) is 0 Å². The van der Waals surface area contributed by atoms with Gasteiger partial charge in [0.1, 0.15) is 5.84 Å². The average Bonchev–Trinajstić information content (AvgIpc) is 3.39. The van der Waals surface area contributed by atoms with Crippen LogP contribution in [0.4, 0.5) is 0 Å². The van der Waals surface area contributed by atoms with Crippen molar-refractivity contribution < 1.29 is 4.84 Å². The summed E-state index contributed by atoms with van der Waals surface area (Å²) >= 11 is 0. The lowest BCUT2D eigenvalue weighted by Crippen LogP contribution is -2.31. The van der Waals surface area contributed by atoms with Gasteiger partial charge in [-0.25, -0.2) is 5.06 Å². The fourth-order valence-electron chi connectivity index (χ4n) is 6.17. The minimum atomic E-state index is 0.317. The molecule has 1 atom stereocenters. The van der Waals surface area contributed by atoms with E-state index in [1.165, 1.54) is 192 Å². The van der Waals surface area contributed by atoms with E-state index in [4.69, 9.17) is 9.83 Å². The van der Waals surface area contributed by atoms with Gasteiger partial charge in [0.05, 0.1) is 19.2 Å². The summed E-state index contributed by atoms with van der Waals surface area (Å²) in [6.07, 6.45) is 42.4. The Morgan fingerprint density at radius 2 is 0.875 bits per heavy atom. The van der Waals surface area contributed by atoms with E-state index in [0.717, 1.165) is 19.5 Å². The summed E-state index contributed by atoms with van der Waals surface area (Å²) < 4.78 is 0. The molecule has 0 amide bonds. The first-order chi connectivity index (χ1) is 19.8. The van der Waals surface area contributed by atoms with Crippen LogP contribution in [0.15, 0.2) is 4.99 Å². The van der Waals surface area contributed by atoms with E-state index in [9.17, 15) is 0 Å². The van der Waals surface area contributed by atoms with Crippen LogP contribution in [0.3, 0.4) is 0 Å². The summed E-state index contributed by atoms with van der Waals surface area (Å²) in [4.78, 5) is 11.1. The number of unbranched alkanes of at least 4 members (excludes halogenated alkanes) is 26. The van der Waals surface area contributed by atoms with Gasteiger partial charge < -0.3 is 0 Å². The third kappa shape index (κ3) is 24.1. The number of amidine groups is 1. The second-order valence-electron chi connectivity index (χ2n) is 13.0. The van der Waals surface area contributed by atoms with Gasteiger partial charge in [-0.05, 0) is 19.8 Å². The van der Waals surface area contributed by atoms with Crippen LogP contribution in [0.2, 0.25) is 0 Å². The highest BCUT2D eigenvalue weighted by Gasteiger charge is 2.19. The van der Waals surface area contributed by atoms with Crippen molar-refractivity contribution in [1.29, 1.82) is 0 Å². The first kappa shape index (κ1) is 37.5. The Bertz CT molecular complexity index is 534. The van der Waals surface area contributed by atoms with Gasteiger partial charge in [0.25, 0.3) is 0 Å². The number of hydroxylamine groups is 2. The number of nitrogens with zero attached hydrogens (tertiary/aromatic N) is 2. The third-order valence-electron chi connectivity index (χ3n) is 8.91. The summed E-state index contributed by atoms with van der Waals surface area (Å²) in [5.74, 6) is 1.21. The van der Waals surface area contributed by atoms with E-state index >= 15 is 0 Å². The van der Waals surface area contributed by atoms with Gasteiger partial charge in [-0.3, -0.25) is 9.83 Å². The summed E-state index contributed by atoms with van der Waals surface area (Å²) in [5.41, 5.74) is 0. The quantitative estimate of drug-likeness (QED) is 0.0761. The Labute approximate surface area is 253 Å². The van der Waals surface area contributed by atoms with Crippen LogP contribution >= 0.6 is 0 Å². The molecule has 0 saturated carbocycles. The maximum atomic E-state index is 6.31. The normalized spacial score (nSPS) is 14.3. The molecule has 0 aliphatic carbocycles. The Kier molecular flexibility index (Phi) is 28.0. The molecule has 0 saturated heterocycles. The Balaban J connectivity index is 1.87. The third-order valence-corrected chi connectivity index (χ3v) is 8.91. The van der Waals surface area contributed by atoms with E-state index in [1.807, 2.05) is 0 Å². The van der Waals surface area contributed by atoms with E-state index in [0.29, 0.717) is 6.10 Å². The zero-order valence-corrected chi connectivity index (χ0v) is 28.0. The highest BCUT2D eigenvalue weighted by molar-refractivity contribution is 5.82. The van der Waals surface area contributed by atoms with Crippen LogP contribution in [-0.4, -0.2) is 30.1 Å². The summed E-state index contributed by atoms with van der Waals surface area (Å²) in [6.45, 7) is 8.73. The maximum absolute atomic E-state index is 6.31. The molecule has 1 aliphatic rings. The van der Waals surface area contributed by atoms with Gasteiger partial charge >= 0.3 is 0 Å².